The van der Waals surface area contributed by atoms with Crippen molar-refractivity contribution in [2.45, 2.75) is 50.7 Å². The van der Waals surface area contributed by atoms with E-state index >= 15 is 0 Å². The molecule has 3 aromatic heterocycles. The quantitative estimate of drug-likeness (QED) is 0.310. The highest BCUT2D eigenvalue weighted by molar-refractivity contribution is 5.86. The Morgan fingerprint density at radius 3 is 2.47 bits per heavy atom. The van der Waals surface area contributed by atoms with Gasteiger partial charge in [0.05, 0.1) is 30.8 Å². The van der Waals surface area contributed by atoms with Crippen LogP contribution in [0.3, 0.4) is 0 Å². The fourth-order valence-corrected chi connectivity index (χ4v) is 4.01. The van der Waals surface area contributed by atoms with E-state index in [1.807, 2.05) is 6.92 Å². The van der Waals surface area contributed by atoms with Crippen LogP contribution >= 0.6 is 0 Å². The van der Waals surface area contributed by atoms with E-state index in [0.29, 0.717) is 17.7 Å². The predicted octanol–water partition coefficient (Wildman–Crippen LogP) is 2.30. The number of hydrogen-bond donors (Lipinski definition) is 4. The molecule has 0 aliphatic carbocycles. The lowest BCUT2D eigenvalue weighted by Crippen LogP contribution is -2.31. The van der Waals surface area contributed by atoms with Gasteiger partial charge in [0.2, 0.25) is 0 Å². The number of halogens is 3. The minimum atomic E-state index is -4.47. The molecule has 0 amide bonds. The number of nitrogens with one attached hydrogen (secondary N) is 1. The molecule has 14 heteroatoms. The number of aliphatic hydroxyl groups excluding tert-OH is 3. The molecule has 4 N–H and O–H groups in total. The van der Waals surface area contributed by atoms with Crippen molar-refractivity contribution in [3.05, 3.63) is 54.1 Å². The number of hydrogen-bond acceptors (Lipinski definition) is 9. The molecule has 0 radical (unpaired) electrons. The molecule has 11 nitrogen and oxygen atoms in total. The summed E-state index contributed by atoms with van der Waals surface area (Å²) in [7, 11) is 0. The summed E-state index contributed by atoms with van der Waals surface area (Å²) in [6.45, 7) is 1.56. The Balaban J connectivity index is 1.59. The summed E-state index contributed by atoms with van der Waals surface area (Å²) in [4.78, 5) is 13.3. The van der Waals surface area contributed by atoms with E-state index in [0.717, 1.165) is 12.1 Å². The number of aromatic nitrogens is 6. The molecule has 1 aliphatic heterocycles. The SMILES string of the molecule is CC[C@H]1O[C@@H](n2cnc3c(Nc4ccc(C(F)(F)F)cc4)nc(-n4cc(CO)cn4)nc32)[C@H](O)[C@@H]1O. The molecule has 4 aromatic rings. The van der Waals surface area contributed by atoms with Crippen LogP contribution in [0.4, 0.5) is 24.7 Å². The number of imidazole rings is 1. The molecule has 4 atom stereocenters. The van der Waals surface area contributed by atoms with Crippen molar-refractivity contribution in [2.75, 3.05) is 5.32 Å². The number of aliphatic hydroxyl groups is 3. The molecule has 1 saturated heterocycles. The highest BCUT2D eigenvalue weighted by Gasteiger charge is 2.43. The van der Waals surface area contributed by atoms with E-state index in [4.69, 9.17) is 4.74 Å². The van der Waals surface area contributed by atoms with Gasteiger partial charge in [-0.3, -0.25) is 4.57 Å². The van der Waals surface area contributed by atoms with Crippen molar-refractivity contribution < 1.29 is 33.2 Å². The Kier molecular flexibility index (Phi) is 6.12. The number of rotatable bonds is 6. The molecule has 0 spiro atoms. The van der Waals surface area contributed by atoms with Crippen LogP contribution < -0.4 is 5.32 Å². The Morgan fingerprint density at radius 1 is 1.11 bits per heavy atom. The third kappa shape index (κ3) is 4.28. The molecule has 0 unspecified atom stereocenters. The zero-order valence-electron chi connectivity index (χ0n) is 18.8. The van der Waals surface area contributed by atoms with Crippen molar-refractivity contribution in [3.8, 4) is 5.95 Å². The Bertz CT molecular complexity index is 1370. The number of ether oxygens (including phenoxy) is 1. The number of alkyl halides is 3. The van der Waals surface area contributed by atoms with Crippen LogP contribution in [0.25, 0.3) is 17.1 Å². The fraction of sp³-hybridized carbons (Fsp3) is 0.364. The molecule has 1 aliphatic rings. The van der Waals surface area contributed by atoms with Crippen LogP contribution in [0.2, 0.25) is 0 Å². The first-order valence-electron chi connectivity index (χ1n) is 11.0. The second-order valence-corrected chi connectivity index (χ2v) is 8.30. The van der Waals surface area contributed by atoms with Gasteiger partial charge < -0.3 is 25.4 Å². The molecule has 4 heterocycles. The minimum absolute atomic E-state index is 0.0680. The lowest BCUT2D eigenvalue weighted by atomic mass is 10.1. The summed E-state index contributed by atoms with van der Waals surface area (Å²) in [5.74, 6) is 0.230. The van der Waals surface area contributed by atoms with Crippen LogP contribution in [0.1, 0.15) is 30.7 Å². The van der Waals surface area contributed by atoms with Gasteiger partial charge in [0, 0.05) is 17.4 Å². The van der Waals surface area contributed by atoms with Crippen molar-refractivity contribution in [3.63, 3.8) is 0 Å². The standard InChI is InChI=1S/C22H22F3N7O4/c1-2-14-16(34)17(35)20(36-14)31-10-26-15-18(28-13-5-3-12(4-6-13)22(23,24)25)29-21(30-19(15)31)32-8-11(9-33)7-27-32/h3-8,10,14,16-17,20,33-35H,2,9H2,1H3,(H,28,29,30)/t14-,16-,17-,20-/m1/s1. The summed E-state index contributed by atoms with van der Waals surface area (Å²) in [5.41, 5.74) is 0.503. The normalized spacial score (nSPS) is 22.4. The highest BCUT2D eigenvalue weighted by atomic mass is 19.4. The Hall–Kier alpha value is -3.59. The van der Waals surface area contributed by atoms with Gasteiger partial charge >= 0.3 is 6.18 Å². The zero-order valence-corrected chi connectivity index (χ0v) is 18.8. The number of anilines is 2. The van der Waals surface area contributed by atoms with Gasteiger partial charge in [-0.25, -0.2) is 9.67 Å². The lowest BCUT2D eigenvalue weighted by molar-refractivity contribution is -0.137. The van der Waals surface area contributed by atoms with Gasteiger partial charge in [-0.15, -0.1) is 0 Å². The van der Waals surface area contributed by atoms with E-state index in [-0.39, 0.29) is 29.5 Å². The van der Waals surface area contributed by atoms with Crippen molar-refractivity contribution in [2.24, 2.45) is 0 Å². The third-order valence-corrected chi connectivity index (χ3v) is 5.92. The fourth-order valence-electron chi connectivity index (χ4n) is 4.01. The molecule has 0 saturated carbocycles. The van der Waals surface area contributed by atoms with Crippen LogP contribution in [0.15, 0.2) is 43.0 Å². The average molecular weight is 505 g/mol. The van der Waals surface area contributed by atoms with Gasteiger partial charge in [0.15, 0.2) is 23.2 Å². The smallest absolute Gasteiger partial charge is 0.392 e. The molecule has 0 bridgehead atoms. The van der Waals surface area contributed by atoms with E-state index in [9.17, 15) is 28.5 Å². The highest BCUT2D eigenvalue weighted by Crippen LogP contribution is 2.35. The maximum absolute atomic E-state index is 13.0. The molecule has 1 fully saturated rings. The van der Waals surface area contributed by atoms with Crippen LogP contribution in [0.5, 0.6) is 0 Å². The van der Waals surface area contributed by atoms with E-state index < -0.39 is 36.3 Å². The summed E-state index contributed by atoms with van der Waals surface area (Å²) in [6, 6.07) is 4.40. The van der Waals surface area contributed by atoms with Crippen LogP contribution in [-0.4, -0.2) is 62.9 Å². The number of nitrogens with zero attached hydrogens (tertiary/aromatic N) is 6. The van der Waals surface area contributed by atoms with Crippen molar-refractivity contribution >= 4 is 22.7 Å². The Labute approximate surface area is 201 Å². The molecule has 1 aromatic carbocycles. The zero-order chi connectivity index (χ0) is 25.6. The molecule has 36 heavy (non-hydrogen) atoms. The van der Waals surface area contributed by atoms with Crippen LogP contribution in [0, 0.1) is 0 Å². The number of benzene rings is 1. The summed E-state index contributed by atoms with van der Waals surface area (Å²) in [6.07, 6.45) is -3.61. The van der Waals surface area contributed by atoms with Gasteiger partial charge in [-0.2, -0.15) is 28.2 Å². The second kappa shape index (κ2) is 9.13. The average Bonchev–Trinajstić information content (AvgIpc) is 3.57. The van der Waals surface area contributed by atoms with Crippen molar-refractivity contribution in [1.82, 2.24) is 29.3 Å². The molecular formula is C22H22F3N7O4. The lowest BCUT2D eigenvalue weighted by Gasteiger charge is -2.17. The molecule has 190 valence electrons. The predicted molar refractivity (Wildman–Crippen MR) is 119 cm³/mol. The maximum Gasteiger partial charge on any atom is 0.416 e. The first-order valence-corrected chi connectivity index (χ1v) is 11.0. The molecular weight excluding hydrogens is 483 g/mol. The largest absolute Gasteiger partial charge is 0.416 e. The number of fused-ring (bicyclic) bond motifs is 1. The van der Waals surface area contributed by atoms with Crippen LogP contribution in [-0.2, 0) is 17.5 Å². The van der Waals surface area contributed by atoms with E-state index in [1.165, 1.54) is 40.1 Å². The molecule has 5 rings (SSSR count). The maximum atomic E-state index is 13.0. The van der Waals surface area contributed by atoms with Gasteiger partial charge in [-0.1, -0.05) is 6.92 Å². The minimum Gasteiger partial charge on any atom is -0.392 e. The first-order chi connectivity index (χ1) is 17.2. The van der Waals surface area contributed by atoms with Crippen molar-refractivity contribution in [1.29, 1.82) is 0 Å². The van der Waals surface area contributed by atoms with E-state index in [2.05, 4.69) is 25.4 Å². The topological polar surface area (TPSA) is 143 Å². The van der Waals surface area contributed by atoms with Gasteiger partial charge in [0.1, 0.15) is 12.2 Å². The first kappa shape index (κ1) is 24.1. The summed E-state index contributed by atoms with van der Waals surface area (Å²) >= 11 is 0. The van der Waals surface area contributed by atoms with Gasteiger partial charge in [-0.05, 0) is 30.7 Å². The third-order valence-electron chi connectivity index (χ3n) is 5.92. The second-order valence-electron chi connectivity index (χ2n) is 8.30. The van der Waals surface area contributed by atoms with E-state index in [1.54, 1.807) is 0 Å². The summed E-state index contributed by atoms with van der Waals surface area (Å²) in [5, 5.41) is 37.4. The summed E-state index contributed by atoms with van der Waals surface area (Å²) < 4.78 is 47.5. The monoisotopic (exact) mass is 505 g/mol. The van der Waals surface area contributed by atoms with Gasteiger partial charge in [0.25, 0.3) is 5.95 Å². The Morgan fingerprint density at radius 2 is 1.86 bits per heavy atom.